The van der Waals surface area contributed by atoms with Gasteiger partial charge in [-0.25, -0.2) is 0 Å². The third kappa shape index (κ3) is 5.16. The first-order chi connectivity index (χ1) is 4.66. The summed E-state index contributed by atoms with van der Waals surface area (Å²) in [6, 6.07) is 0. The van der Waals surface area contributed by atoms with Gasteiger partial charge < -0.3 is 5.73 Å². The van der Waals surface area contributed by atoms with E-state index < -0.39 is 0 Å². The van der Waals surface area contributed by atoms with Gasteiger partial charge in [-0.05, 0) is 38.6 Å². The molecule has 0 unspecified atom stereocenters. The van der Waals surface area contributed by atoms with Crippen molar-refractivity contribution in [2.45, 2.75) is 20.8 Å². The molecule has 0 aromatic heterocycles. The van der Waals surface area contributed by atoms with Crippen molar-refractivity contribution in [3.8, 4) is 0 Å². The van der Waals surface area contributed by atoms with Crippen LogP contribution in [0.1, 0.15) is 20.8 Å². The Labute approximate surface area is 62.9 Å². The maximum absolute atomic E-state index is 5.19. The zero-order chi connectivity index (χ0) is 7.98. The summed E-state index contributed by atoms with van der Waals surface area (Å²) in [6.07, 6.45) is 7.53. The van der Waals surface area contributed by atoms with Crippen LogP contribution in [0, 0.1) is 0 Å². The summed E-state index contributed by atoms with van der Waals surface area (Å²) < 4.78 is 0. The van der Waals surface area contributed by atoms with Gasteiger partial charge in [0, 0.05) is 0 Å². The molecule has 0 heterocycles. The summed E-state index contributed by atoms with van der Waals surface area (Å²) >= 11 is 0. The van der Waals surface area contributed by atoms with E-state index in [0.29, 0.717) is 0 Å². The molecule has 0 saturated carbocycles. The summed E-state index contributed by atoms with van der Waals surface area (Å²) in [5.41, 5.74) is 7.66. The predicted octanol–water partition coefficient (Wildman–Crippen LogP) is 2.37. The average molecular weight is 137 g/mol. The Hall–Kier alpha value is -0.980. The fourth-order valence-electron chi connectivity index (χ4n) is 0.505. The van der Waals surface area contributed by atoms with Crippen molar-refractivity contribution in [1.82, 2.24) is 0 Å². The van der Waals surface area contributed by atoms with Crippen molar-refractivity contribution in [3.63, 3.8) is 0 Å². The Balaban J connectivity index is 4.05. The van der Waals surface area contributed by atoms with Crippen LogP contribution >= 0.6 is 0 Å². The van der Waals surface area contributed by atoms with Crippen LogP contribution in [0.3, 0.4) is 0 Å². The van der Waals surface area contributed by atoms with E-state index in [1.165, 1.54) is 11.1 Å². The second-order valence-electron chi connectivity index (χ2n) is 2.51. The lowest BCUT2D eigenvalue weighted by atomic mass is 10.2. The van der Waals surface area contributed by atoms with E-state index in [1.807, 2.05) is 19.1 Å². The molecule has 0 amide bonds. The molecule has 0 aliphatic heterocycles. The van der Waals surface area contributed by atoms with Crippen molar-refractivity contribution in [2.75, 3.05) is 0 Å². The van der Waals surface area contributed by atoms with E-state index in [0.717, 1.165) is 0 Å². The fourth-order valence-corrected chi connectivity index (χ4v) is 0.505. The lowest BCUT2D eigenvalue weighted by Crippen LogP contribution is -1.76. The summed E-state index contributed by atoms with van der Waals surface area (Å²) in [5.74, 6) is 0. The topological polar surface area (TPSA) is 26.0 Å². The quantitative estimate of drug-likeness (QED) is 0.581. The number of hydrogen-bond acceptors (Lipinski definition) is 1. The highest BCUT2D eigenvalue weighted by atomic mass is 14.5. The van der Waals surface area contributed by atoms with Crippen LogP contribution in [0.25, 0.3) is 0 Å². The van der Waals surface area contributed by atoms with Crippen LogP contribution in [-0.2, 0) is 0 Å². The second kappa shape index (κ2) is 4.86. The van der Waals surface area contributed by atoms with Crippen molar-refractivity contribution in [1.29, 1.82) is 0 Å². The van der Waals surface area contributed by atoms with Gasteiger partial charge in [-0.2, -0.15) is 0 Å². The van der Waals surface area contributed by atoms with E-state index in [1.54, 1.807) is 6.20 Å². The summed E-state index contributed by atoms with van der Waals surface area (Å²) in [7, 11) is 0. The Morgan fingerprint density at radius 1 is 1.10 bits per heavy atom. The molecule has 0 aromatic rings. The molecular formula is C9H15N. The molecule has 2 N–H and O–H groups in total. The van der Waals surface area contributed by atoms with Gasteiger partial charge >= 0.3 is 0 Å². The van der Waals surface area contributed by atoms with E-state index in [-0.39, 0.29) is 0 Å². The molecule has 56 valence electrons. The normalized spacial score (nSPS) is 12.1. The zero-order valence-electron chi connectivity index (χ0n) is 6.89. The van der Waals surface area contributed by atoms with Gasteiger partial charge in [0.1, 0.15) is 0 Å². The van der Waals surface area contributed by atoms with Crippen LogP contribution in [0.5, 0.6) is 0 Å². The van der Waals surface area contributed by atoms with Crippen LogP contribution in [0.4, 0.5) is 0 Å². The molecule has 0 radical (unpaired) electrons. The van der Waals surface area contributed by atoms with Gasteiger partial charge in [0.15, 0.2) is 0 Å². The molecule has 0 atom stereocenters. The zero-order valence-corrected chi connectivity index (χ0v) is 6.89. The van der Waals surface area contributed by atoms with Crippen LogP contribution < -0.4 is 5.73 Å². The van der Waals surface area contributed by atoms with Crippen molar-refractivity contribution in [2.24, 2.45) is 5.73 Å². The van der Waals surface area contributed by atoms with Crippen LogP contribution in [-0.4, -0.2) is 0 Å². The highest BCUT2D eigenvalue weighted by Gasteiger charge is 1.76. The Bertz CT molecular complexity index is 169. The molecule has 1 nitrogen and oxygen atoms in total. The Morgan fingerprint density at radius 2 is 1.70 bits per heavy atom. The fraction of sp³-hybridized carbons (Fsp3) is 0.333. The van der Waals surface area contributed by atoms with E-state index in [2.05, 4.69) is 19.9 Å². The molecule has 0 aliphatic carbocycles. The second-order valence-corrected chi connectivity index (χ2v) is 2.51. The number of allylic oxidation sites excluding steroid dienone is 5. The van der Waals surface area contributed by atoms with Gasteiger partial charge in [0.2, 0.25) is 0 Å². The first kappa shape index (κ1) is 9.02. The molecule has 0 rings (SSSR count). The standard InChI is InChI=1S/C9H15N/c1-8(2)4-5-9(3)6-7-10/h4-7H,10H2,1-3H3/b7-6-,9-5-. The molecule has 0 aliphatic rings. The minimum atomic E-state index is 1.17. The Kier molecular flexibility index (Phi) is 4.38. The maximum Gasteiger partial charge on any atom is -0.00597 e. The molecule has 0 spiro atoms. The minimum Gasteiger partial charge on any atom is -0.405 e. The van der Waals surface area contributed by atoms with Gasteiger partial charge in [0.25, 0.3) is 0 Å². The van der Waals surface area contributed by atoms with Gasteiger partial charge in [-0.1, -0.05) is 17.7 Å². The SMILES string of the molecule is CC(C)=C/C=C(C)\C=C/N. The lowest BCUT2D eigenvalue weighted by Gasteiger charge is -1.87. The molecule has 10 heavy (non-hydrogen) atoms. The molecule has 0 aromatic carbocycles. The first-order valence-electron chi connectivity index (χ1n) is 3.37. The van der Waals surface area contributed by atoms with E-state index >= 15 is 0 Å². The number of nitrogens with two attached hydrogens (primary N) is 1. The number of rotatable bonds is 2. The largest absolute Gasteiger partial charge is 0.405 e. The smallest absolute Gasteiger partial charge is 0.00597 e. The van der Waals surface area contributed by atoms with Gasteiger partial charge in [-0.15, -0.1) is 0 Å². The molecule has 1 heteroatoms. The van der Waals surface area contributed by atoms with Crippen LogP contribution in [0.2, 0.25) is 0 Å². The minimum absolute atomic E-state index is 1.17. The van der Waals surface area contributed by atoms with E-state index in [9.17, 15) is 0 Å². The Morgan fingerprint density at radius 3 is 2.10 bits per heavy atom. The van der Waals surface area contributed by atoms with Gasteiger partial charge in [-0.3, -0.25) is 0 Å². The maximum atomic E-state index is 5.19. The third-order valence-electron chi connectivity index (χ3n) is 1.04. The summed E-state index contributed by atoms with van der Waals surface area (Å²) in [4.78, 5) is 0. The van der Waals surface area contributed by atoms with Gasteiger partial charge in [0.05, 0.1) is 0 Å². The van der Waals surface area contributed by atoms with Crippen LogP contribution in [0.15, 0.2) is 35.6 Å². The predicted molar refractivity (Wildman–Crippen MR) is 46.5 cm³/mol. The molecular weight excluding hydrogens is 122 g/mol. The molecule has 0 bridgehead atoms. The summed E-state index contributed by atoms with van der Waals surface area (Å²) in [5, 5.41) is 0. The van der Waals surface area contributed by atoms with Crippen molar-refractivity contribution < 1.29 is 0 Å². The first-order valence-corrected chi connectivity index (χ1v) is 3.37. The monoisotopic (exact) mass is 137 g/mol. The lowest BCUT2D eigenvalue weighted by molar-refractivity contribution is 1.38. The molecule has 0 fully saturated rings. The van der Waals surface area contributed by atoms with E-state index in [4.69, 9.17) is 5.73 Å². The van der Waals surface area contributed by atoms with Crippen molar-refractivity contribution >= 4 is 0 Å². The van der Waals surface area contributed by atoms with Crippen molar-refractivity contribution in [3.05, 3.63) is 35.6 Å². The highest BCUT2D eigenvalue weighted by Crippen LogP contribution is 1.96. The summed E-state index contributed by atoms with van der Waals surface area (Å²) in [6.45, 7) is 6.15. The number of hydrogen-bond donors (Lipinski definition) is 1. The highest BCUT2D eigenvalue weighted by molar-refractivity contribution is 5.22. The average Bonchev–Trinajstić information content (AvgIpc) is 1.85. The third-order valence-corrected chi connectivity index (χ3v) is 1.04. The molecule has 0 saturated heterocycles.